The second-order valence-corrected chi connectivity index (χ2v) is 9.50. The van der Waals surface area contributed by atoms with Gasteiger partial charge in [0.2, 0.25) is 10.0 Å². The molecule has 142 valence electrons. The van der Waals surface area contributed by atoms with Crippen molar-refractivity contribution >= 4 is 33.0 Å². The molecule has 0 bridgehead atoms. The van der Waals surface area contributed by atoms with Gasteiger partial charge in [0.15, 0.2) is 0 Å². The second kappa shape index (κ2) is 8.08. The summed E-state index contributed by atoms with van der Waals surface area (Å²) < 4.78 is 27.9. The van der Waals surface area contributed by atoms with Crippen LogP contribution in [0.25, 0.3) is 11.1 Å². The average molecular weight is 423 g/mol. The Hall–Kier alpha value is -1.77. The van der Waals surface area contributed by atoms with Crippen LogP contribution in [0.2, 0.25) is 5.02 Å². The van der Waals surface area contributed by atoms with Crippen molar-refractivity contribution in [3.63, 3.8) is 0 Å². The molecule has 0 aliphatic rings. The molecule has 5 nitrogen and oxygen atoms in total. The number of aromatic nitrogens is 1. The number of hydrogen-bond donors (Lipinski definition) is 2. The molecule has 3 rings (SSSR count). The maximum Gasteiger partial charge on any atom is 0.242 e. The Bertz CT molecular complexity index is 1060. The lowest BCUT2D eigenvalue weighted by Crippen LogP contribution is -2.23. The van der Waals surface area contributed by atoms with Crippen molar-refractivity contribution in [3.8, 4) is 11.1 Å². The van der Waals surface area contributed by atoms with Crippen LogP contribution in [0.1, 0.15) is 21.1 Å². The third-order valence-electron chi connectivity index (χ3n) is 4.11. The van der Waals surface area contributed by atoms with Crippen LogP contribution in [0.15, 0.2) is 47.4 Å². The van der Waals surface area contributed by atoms with Gasteiger partial charge in [-0.05, 0) is 42.7 Å². The lowest BCUT2D eigenvalue weighted by atomic mass is 10.0. The van der Waals surface area contributed by atoms with Crippen molar-refractivity contribution < 1.29 is 13.5 Å². The molecular formula is C19H19ClN2O3S2. The third-order valence-corrected chi connectivity index (χ3v) is 7.07. The summed E-state index contributed by atoms with van der Waals surface area (Å²) in [7, 11) is -3.74. The maximum atomic E-state index is 12.6. The molecule has 1 heterocycles. The Kier molecular flexibility index (Phi) is 5.98. The van der Waals surface area contributed by atoms with Crippen molar-refractivity contribution in [3.05, 3.63) is 68.6 Å². The fraction of sp³-hybridized carbons (Fsp3) is 0.211. The molecule has 0 amide bonds. The van der Waals surface area contributed by atoms with Crippen molar-refractivity contribution in [1.82, 2.24) is 9.71 Å². The van der Waals surface area contributed by atoms with E-state index in [2.05, 4.69) is 9.71 Å². The van der Waals surface area contributed by atoms with Crippen molar-refractivity contribution in [1.29, 1.82) is 0 Å². The van der Waals surface area contributed by atoms with Crippen LogP contribution >= 0.6 is 22.9 Å². The number of aryl methyl sites for hydroxylation is 2. The van der Waals surface area contributed by atoms with E-state index in [1.165, 1.54) is 17.4 Å². The molecule has 0 saturated carbocycles. The fourth-order valence-electron chi connectivity index (χ4n) is 2.68. The topological polar surface area (TPSA) is 79.3 Å². The van der Waals surface area contributed by atoms with Crippen LogP contribution in [0.4, 0.5) is 0 Å². The van der Waals surface area contributed by atoms with E-state index in [4.69, 9.17) is 16.7 Å². The van der Waals surface area contributed by atoms with E-state index in [-0.39, 0.29) is 23.1 Å². The van der Waals surface area contributed by atoms with Gasteiger partial charge in [0.1, 0.15) is 4.90 Å². The zero-order valence-corrected chi connectivity index (χ0v) is 17.2. The molecule has 3 aromatic rings. The third kappa shape index (κ3) is 4.56. The number of rotatable bonds is 6. The van der Waals surface area contributed by atoms with Crippen LogP contribution in [-0.2, 0) is 23.2 Å². The van der Waals surface area contributed by atoms with E-state index in [0.29, 0.717) is 0 Å². The Labute approximate surface area is 167 Å². The highest BCUT2D eigenvalue weighted by molar-refractivity contribution is 7.89. The molecule has 0 saturated heterocycles. The standard InChI is InChI=1S/C19H19ClN2O3S2/c1-12-18(26-13(2)22-12)10-21-27(24,25)19-8-7-16(9-17(19)20)15-5-3-14(11-23)4-6-15/h3-9,21,23H,10-11H2,1-2H3. The Balaban J connectivity index is 1.82. The molecule has 0 aliphatic carbocycles. The minimum Gasteiger partial charge on any atom is -0.392 e. The molecule has 27 heavy (non-hydrogen) atoms. The minimum atomic E-state index is -3.74. The first-order chi connectivity index (χ1) is 12.8. The largest absolute Gasteiger partial charge is 0.392 e. The first-order valence-corrected chi connectivity index (χ1v) is 10.9. The van der Waals surface area contributed by atoms with Gasteiger partial charge < -0.3 is 5.11 Å². The smallest absolute Gasteiger partial charge is 0.242 e. The number of hydrogen-bond acceptors (Lipinski definition) is 5. The van der Waals surface area contributed by atoms with Gasteiger partial charge in [0.05, 0.1) is 22.3 Å². The Morgan fingerprint density at radius 3 is 2.33 bits per heavy atom. The molecule has 0 spiro atoms. The lowest BCUT2D eigenvalue weighted by molar-refractivity contribution is 0.282. The molecule has 0 aliphatic heterocycles. The van der Waals surface area contributed by atoms with Gasteiger partial charge >= 0.3 is 0 Å². The van der Waals surface area contributed by atoms with Gasteiger partial charge in [0, 0.05) is 11.4 Å². The van der Waals surface area contributed by atoms with Gasteiger partial charge in [-0.15, -0.1) is 11.3 Å². The van der Waals surface area contributed by atoms with E-state index < -0.39 is 10.0 Å². The number of sulfonamides is 1. The monoisotopic (exact) mass is 422 g/mol. The van der Waals surface area contributed by atoms with Gasteiger partial charge in [-0.2, -0.15) is 0 Å². The van der Waals surface area contributed by atoms with Crippen molar-refractivity contribution in [2.45, 2.75) is 31.9 Å². The van der Waals surface area contributed by atoms with Gasteiger partial charge in [-0.1, -0.05) is 41.9 Å². The molecule has 0 unspecified atom stereocenters. The van der Waals surface area contributed by atoms with E-state index in [1.807, 2.05) is 38.1 Å². The van der Waals surface area contributed by atoms with Gasteiger partial charge in [0.25, 0.3) is 0 Å². The summed E-state index contributed by atoms with van der Waals surface area (Å²) in [6, 6.07) is 12.2. The van der Waals surface area contributed by atoms with E-state index in [0.717, 1.165) is 32.3 Å². The summed E-state index contributed by atoms with van der Waals surface area (Å²) in [4.78, 5) is 5.22. The molecule has 2 aromatic carbocycles. The number of nitrogens with one attached hydrogen (secondary N) is 1. The summed E-state index contributed by atoms with van der Waals surface area (Å²) in [5.41, 5.74) is 3.33. The minimum absolute atomic E-state index is 0.0252. The first-order valence-electron chi connectivity index (χ1n) is 8.22. The number of aliphatic hydroxyl groups is 1. The molecule has 0 atom stereocenters. The van der Waals surface area contributed by atoms with Gasteiger partial charge in [-0.3, -0.25) is 0 Å². The summed E-state index contributed by atoms with van der Waals surface area (Å²) >= 11 is 7.74. The summed E-state index contributed by atoms with van der Waals surface area (Å²) in [6.07, 6.45) is 0. The van der Waals surface area contributed by atoms with Crippen molar-refractivity contribution in [2.24, 2.45) is 0 Å². The molecular weight excluding hydrogens is 404 g/mol. The van der Waals surface area contributed by atoms with Gasteiger partial charge in [-0.25, -0.2) is 18.1 Å². The highest BCUT2D eigenvalue weighted by Gasteiger charge is 2.19. The van der Waals surface area contributed by atoms with Crippen LogP contribution in [-0.4, -0.2) is 18.5 Å². The SMILES string of the molecule is Cc1nc(C)c(CNS(=O)(=O)c2ccc(-c3ccc(CO)cc3)cc2Cl)s1. The normalized spacial score (nSPS) is 11.7. The maximum absolute atomic E-state index is 12.6. The van der Waals surface area contributed by atoms with E-state index in [1.54, 1.807) is 12.1 Å². The molecule has 2 N–H and O–H groups in total. The zero-order chi connectivity index (χ0) is 19.6. The summed E-state index contributed by atoms with van der Waals surface area (Å²) in [5.74, 6) is 0. The molecule has 8 heteroatoms. The number of nitrogens with zero attached hydrogens (tertiary/aromatic N) is 1. The molecule has 0 fully saturated rings. The number of thiazole rings is 1. The fourth-order valence-corrected chi connectivity index (χ4v) is 5.18. The Morgan fingerprint density at radius 2 is 1.78 bits per heavy atom. The van der Waals surface area contributed by atoms with Crippen LogP contribution in [0.5, 0.6) is 0 Å². The van der Waals surface area contributed by atoms with Crippen LogP contribution in [0, 0.1) is 13.8 Å². The summed E-state index contributed by atoms with van der Waals surface area (Å²) in [6.45, 7) is 3.90. The Morgan fingerprint density at radius 1 is 1.11 bits per heavy atom. The lowest BCUT2D eigenvalue weighted by Gasteiger charge is -2.10. The van der Waals surface area contributed by atoms with Crippen LogP contribution in [0.3, 0.4) is 0 Å². The number of aliphatic hydroxyl groups excluding tert-OH is 1. The second-order valence-electron chi connectivity index (χ2n) is 6.07. The molecule has 1 aromatic heterocycles. The van der Waals surface area contributed by atoms with Crippen LogP contribution < -0.4 is 4.72 Å². The predicted octanol–water partition coefficient (Wildman–Crippen LogP) is 4.05. The first kappa shape index (κ1) is 20.0. The quantitative estimate of drug-likeness (QED) is 0.628. The highest BCUT2D eigenvalue weighted by Crippen LogP contribution is 2.29. The average Bonchev–Trinajstić information content (AvgIpc) is 2.97. The molecule has 0 radical (unpaired) electrons. The predicted molar refractivity (Wildman–Crippen MR) is 108 cm³/mol. The summed E-state index contributed by atoms with van der Waals surface area (Å²) in [5, 5.41) is 10.2. The number of halogens is 1. The zero-order valence-electron chi connectivity index (χ0n) is 14.9. The van der Waals surface area contributed by atoms with E-state index in [9.17, 15) is 8.42 Å². The van der Waals surface area contributed by atoms with E-state index >= 15 is 0 Å². The van der Waals surface area contributed by atoms with Crippen molar-refractivity contribution in [2.75, 3.05) is 0 Å². The number of benzene rings is 2. The highest BCUT2D eigenvalue weighted by atomic mass is 35.5.